The summed E-state index contributed by atoms with van der Waals surface area (Å²) >= 11 is 2.20. The monoisotopic (exact) mass is 316 g/mol. The molecule has 1 heterocycles. The Kier molecular flexibility index (Phi) is 3.58. The van der Waals surface area contributed by atoms with Crippen LogP contribution in [0.25, 0.3) is 0 Å². The van der Waals surface area contributed by atoms with Crippen LogP contribution in [0.3, 0.4) is 0 Å². The van der Waals surface area contributed by atoms with Gasteiger partial charge in [0.2, 0.25) is 5.91 Å². The molecule has 1 aromatic carbocycles. The fourth-order valence-corrected chi connectivity index (χ4v) is 2.16. The summed E-state index contributed by atoms with van der Waals surface area (Å²) in [7, 11) is 0. The molecule has 1 fully saturated rings. The molecule has 1 aromatic rings. The van der Waals surface area contributed by atoms with Crippen LogP contribution < -0.4 is 0 Å². The fraction of sp³-hybridized carbons (Fsp3) is 0.364. The van der Waals surface area contributed by atoms with Crippen molar-refractivity contribution in [3.05, 3.63) is 35.9 Å². The van der Waals surface area contributed by atoms with Gasteiger partial charge in [0.05, 0.1) is 6.54 Å². The van der Waals surface area contributed by atoms with Crippen LogP contribution in [0.2, 0.25) is 0 Å². The molecular weight excluding hydrogens is 303 g/mol. The molecule has 0 saturated carbocycles. The molecule has 15 heavy (non-hydrogen) atoms. The highest BCUT2D eigenvalue weighted by Crippen LogP contribution is 2.11. The molecule has 1 aliphatic rings. The maximum Gasteiger partial charge on any atom is 0.237 e. The van der Waals surface area contributed by atoms with Crippen molar-refractivity contribution >= 4 is 28.8 Å². The van der Waals surface area contributed by atoms with Crippen LogP contribution in [0, 0.1) is 0 Å². The Labute approximate surface area is 104 Å². The predicted molar refractivity (Wildman–Crippen MR) is 67.5 cm³/mol. The van der Waals surface area contributed by atoms with E-state index in [0.29, 0.717) is 6.54 Å². The van der Waals surface area contributed by atoms with Gasteiger partial charge in [-0.1, -0.05) is 30.3 Å². The number of hydrogen-bond donors (Lipinski definition) is 0. The van der Waals surface area contributed by atoms with E-state index in [-0.39, 0.29) is 5.91 Å². The van der Waals surface area contributed by atoms with Gasteiger partial charge in [-0.15, -0.1) is 0 Å². The average molecular weight is 316 g/mol. The van der Waals surface area contributed by atoms with Gasteiger partial charge in [-0.05, 0) is 5.56 Å². The van der Waals surface area contributed by atoms with Crippen LogP contribution in [-0.4, -0.2) is 33.6 Å². The average Bonchev–Trinajstić information content (AvgIpc) is 2.24. The molecule has 1 amide bonds. The lowest BCUT2D eigenvalue weighted by molar-refractivity contribution is -0.134. The molecule has 3 nitrogen and oxygen atoms in total. The van der Waals surface area contributed by atoms with Gasteiger partial charge in [0, 0.05) is 42.5 Å². The second-order valence-corrected chi connectivity index (χ2v) is 5.01. The van der Waals surface area contributed by atoms with E-state index < -0.39 is 0 Å². The number of halogens is 1. The Hall–Kier alpha value is -0.620. The first-order valence-corrected chi connectivity index (χ1v) is 5.94. The van der Waals surface area contributed by atoms with Crippen molar-refractivity contribution in [3.63, 3.8) is 0 Å². The molecule has 0 aromatic heterocycles. The highest BCUT2D eigenvalue weighted by molar-refractivity contribution is 14.1. The summed E-state index contributed by atoms with van der Waals surface area (Å²) in [5.41, 5.74) is 1.20. The van der Waals surface area contributed by atoms with E-state index in [1.165, 1.54) is 5.56 Å². The minimum atomic E-state index is 0.222. The lowest BCUT2D eigenvalue weighted by Gasteiger charge is -2.30. The van der Waals surface area contributed by atoms with Gasteiger partial charge in [-0.2, -0.15) is 0 Å². The third-order valence-electron chi connectivity index (χ3n) is 2.49. The molecule has 1 aliphatic heterocycles. The zero-order valence-electron chi connectivity index (χ0n) is 8.40. The Morgan fingerprint density at radius 2 is 1.93 bits per heavy atom. The van der Waals surface area contributed by atoms with Gasteiger partial charge in [-0.25, -0.2) is 3.11 Å². The number of rotatable bonds is 2. The van der Waals surface area contributed by atoms with E-state index in [1.807, 2.05) is 26.2 Å². The van der Waals surface area contributed by atoms with Crippen molar-refractivity contribution in [3.8, 4) is 0 Å². The maximum absolute atomic E-state index is 11.7. The SMILES string of the molecule is O=C1CN(I)CCN1Cc1ccccc1. The summed E-state index contributed by atoms with van der Waals surface area (Å²) in [6.45, 7) is 3.06. The van der Waals surface area contributed by atoms with E-state index in [2.05, 4.69) is 35.0 Å². The first-order valence-electron chi connectivity index (χ1n) is 4.98. The van der Waals surface area contributed by atoms with Crippen molar-refractivity contribution < 1.29 is 4.79 Å². The van der Waals surface area contributed by atoms with Gasteiger partial charge in [0.25, 0.3) is 0 Å². The molecule has 0 N–H and O–H groups in total. The lowest BCUT2D eigenvalue weighted by Crippen LogP contribution is -2.46. The van der Waals surface area contributed by atoms with Gasteiger partial charge >= 0.3 is 0 Å². The molecule has 0 atom stereocenters. The number of amides is 1. The normalized spacial score (nSPS) is 18.2. The summed E-state index contributed by atoms with van der Waals surface area (Å²) in [4.78, 5) is 13.6. The standard InChI is InChI=1S/C11H13IN2O/c12-14-7-6-13(11(15)9-14)8-10-4-2-1-3-5-10/h1-5H,6-9H2. The van der Waals surface area contributed by atoms with E-state index in [4.69, 9.17) is 0 Å². The van der Waals surface area contributed by atoms with Crippen LogP contribution in [0.5, 0.6) is 0 Å². The second-order valence-electron chi connectivity index (χ2n) is 3.65. The first-order chi connectivity index (χ1) is 7.25. The van der Waals surface area contributed by atoms with Crippen LogP contribution in [0.4, 0.5) is 0 Å². The smallest absolute Gasteiger partial charge is 0.237 e. The van der Waals surface area contributed by atoms with E-state index in [0.717, 1.165) is 19.6 Å². The Morgan fingerprint density at radius 3 is 2.60 bits per heavy atom. The summed E-state index contributed by atoms with van der Waals surface area (Å²) in [5.74, 6) is 0.222. The Morgan fingerprint density at radius 1 is 1.20 bits per heavy atom. The minimum absolute atomic E-state index is 0.222. The van der Waals surface area contributed by atoms with Crippen LogP contribution in [-0.2, 0) is 11.3 Å². The molecule has 80 valence electrons. The molecular formula is C11H13IN2O. The van der Waals surface area contributed by atoms with Crippen LogP contribution in [0.1, 0.15) is 5.56 Å². The van der Waals surface area contributed by atoms with Crippen molar-refractivity contribution in [2.45, 2.75) is 6.54 Å². The number of carbonyl (C=O) groups excluding carboxylic acids is 1. The molecule has 2 rings (SSSR count). The van der Waals surface area contributed by atoms with Gasteiger partial charge in [0.1, 0.15) is 0 Å². The predicted octanol–water partition coefficient (Wildman–Crippen LogP) is 1.68. The molecule has 1 saturated heterocycles. The Balaban J connectivity index is 1.98. The highest BCUT2D eigenvalue weighted by Gasteiger charge is 2.21. The van der Waals surface area contributed by atoms with E-state index >= 15 is 0 Å². The van der Waals surface area contributed by atoms with Gasteiger partial charge < -0.3 is 4.90 Å². The van der Waals surface area contributed by atoms with Crippen molar-refractivity contribution in [1.82, 2.24) is 8.01 Å². The number of carbonyl (C=O) groups is 1. The summed E-state index contributed by atoms with van der Waals surface area (Å²) in [6, 6.07) is 10.1. The Bertz CT molecular complexity index is 342. The number of hydrogen-bond acceptors (Lipinski definition) is 2. The third-order valence-corrected chi connectivity index (χ3v) is 3.31. The highest BCUT2D eigenvalue weighted by atomic mass is 127. The molecule has 0 bridgehead atoms. The topological polar surface area (TPSA) is 23.6 Å². The number of piperazine rings is 1. The van der Waals surface area contributed by atoms with Gasteiger partial charge in [-0.3, -0.25) is 4.79 Å². The molecule has 0 aliphatic carbocycles. The van der Waals surface area contributed by atoms with Crippen molar-refractivity contribution in [1.29, 1.82) is 0 Å². The number of benzene rings is 1. The van der Waals surface area contributed by atoms with E-state index in [9.17, 15) is 4.79 Å². The quantitative estimate of drug-likeness (QED) is 0.612. The molecule has 0 spiro atoms. The van der Waals surface area contributed by atoms with Crippen LogP contribution in [0.15, 0.2) is 30.3 Å². The first kappa shape index (κ1) is 10.9. The van der Waals surface area contributed by atoms with Crippen molar-refractivity contribution in [2.24, 2.45) is 0 Å². The van der Waals surface area contributed by atoms with Gasteiger partial charge in [0.15, 0.2) is 0 Å². The van der Waals surface area contributed by atoms with Crippen LogP contribution >= 0.6 is 22.9 Å². The molecule has 4 heteroatoms. The van der Waals surface area contributed by atoms with E-state index in [1.54, 1.807) is 0 Å². The zero-order valence-corrected chi connectivity index (χ0v) is 10.6. The maximum atomic E-state index is 11.7. The summed E-state index contributed by atoms with van der Waals surface area (Å²) in [5, 5.41) is 0. The zero-order chi connectivity index (χ0) is 10.7. The van der Waals surface area contributed by atoms with Crippen molar-refractivity contribution in [2.75, 3.05) is 19.6 Å². The number of nitrogens with zero attached hydrogens (tertiary/aromatic N) is 2. The fourth-order valence-electron chi connectivity index (χ4n) is 1.65. The third kappa shape index (κ3) is 2.92. The lowest BCUT2D eigenvalue weighted by atomic mass is 10.2. The summed E-state index contributed by atoms with van der Waals surface area (Å²) < 4.78 is 2.03. The molecule has 0 radical (unpaired) electrons. The minimum Gasteiger partial charge on any atom is -0.336 e. The largest absolute Gasteiger partial charge is 0.336 e. The summed E-state index contributed by atoms with van der Waals surface area (Å²) in [6.07, 6.45) is 0. The molecule has 0 unspecified atom stereocenters. The second kappa shape index (κ2) is 4.94.